The fourth-order valence-electron chi connectivity index (χ4n) is 2.09. The summed E-state index contributed by atoms with van der Waals surface area (Å²) >= 11 is 6.04. The summed E-state index contributed by atoms with van der Waals surface area (Å²) < 4.78 is 13.6. The van der Waals surface area contributed by atoms with Gasteiger partial charge >= 0.3 is 0 Å². The Balaban J connectivity index is 1.70. The molecular weight excluding hydrogens is 343 g/mol. The number of nitrogens with one attached hydrogen (secondary N) is 2. The number of benzene rings is 2. The third kappa shape index (κ3) is 4.10. The van der Waals surface area contributed by atoms with E-state index in [1.807, 2.05) is 13.0 Å². The average Bonchev–Trinajstić information content (AvgIpc) is 2.61. The lowest BCUT2D eigenvalue weighted by Gasteiger charge is -2.08. The largest absolute Gasteiger partial charge is 0.336 e. The van der Waals surface area contributed by atoms with Crippen LogP contribution in [0.1, 0.15) is 16.1 Å². The number of hydrogen-bond acceptors (Lipinski definition) is 4. The summed E-state index contributed by atoms with van der Waals surface area (Å²) in [5, 5.41) is 13.8. The highest BCUT2D eigenvalue weighted by molar-refractivity contribution is 6.31. The van der Waals surface area contributed by atoms with Crippen LogP contribution >= 0.6 is 11.6 Å². The summed E-state index contributed by atoms with van der Waals surface area (Å²) in [5.74, 6) is -0.479. The molecule has 0 aliphatic heterocycles. The van der Waals surface area contributed by atoms with Crippen molar-refractivity contribution >= 4 is 34.7 Å². The first-order valence-electron chi connectivity index (χ1n) is 7.46. The normalized spacial score (nSPS) is 10.4. The first kappa shape index (κ1) is 16.9. The number of nitrogens with zero attached hydrogens (tertiary/aromatic N) is 2. The van der Waals surface area contributed by atoms with Crippen molar-refractivity contribution in [3.05, 3.63) is 76.7 Å². The van der Waals surface area contributed by atoms with E-state index in [1.54, 1.807) is 36.4 Å². The molecule has 0 fully saturated rings. The van der Waals surface area contributed by atoms with Crippen LogP contribution in [-0.4, -0.2) is 16.1 Å². The van der Waals surface area contributed by atoms with Crippen molar-refractivity contribution in [2.75, 3.05) is 10.6 Å². The molecular formula is C18H14ClFN4O. The summed E-state index contributed by atoms with van der Waals surface area (Å²) in [6.07, 6.45) is 0. The Morgan fingerprint density at radius 3 is 2.56 bits per heavy atom. The van der Waals surface area contributed by atoms with Gasteiger partial charge in [0, 0.05) is 10.7 Å². The maximum Gasteiger partial charge on any atom is 0.276 e. The van der Waals surface area contributed by atoms with Crippen molar-refractivity contribution in [3.63, 3.8) is 0 Å². The smallest absolute Gasteiger partial charge is 0.276 e. The number of aromatic nitrogens is 2. The van der Waals surface area contributed by atoms with Crippen LogP contribution in [0.3, 0.4) is 0 Å². The number of hydrogen-bond donors (Lipinski definition) is 2. The minimum atomic E-state index is -0.412. The standard InChI is InChI=1S/C18H14ClFN4O/c1-11-6-7-12(10-13(11)19)21-18(25)16-8-9-17(24-23-16)22-15-5-3-2-4-14(15)20/h2-10H,1H3,(H,21,25)(H,22,24). The van der Waals surface area contributed by atoms with Gasteiger partial charge in [-0.1, -0.05) is 29.8 Å². The van der Waals surface area contributed by atoms with Gasteiger partial charge < -0.3 is 10.6 Å². The lowest BCUT2D eigenvalue weighted by Crippen LogP contribution is -2.14. The first-order valence-corrected chi connectivity index (χ1v) is 7.83. The number of halogens is 2. The molecule has 1 heterocycles. The second-order valence-corrected chi connectivity index (χ2v) is 5.73. The number of aryl methyl sites for hydroxylation is 1. The fourth-order valence-corrected chi connectivity index (χ4v) is 2.27. The van der Waals surface area contributed by atoms with Gasteiger partial charge in [-0.3, -0.25) is 4.79 Å². The zero-order valence-electron chi connectivity index (χ0n) is 13.3. The third-order valence-electron chi connectivity index (χ3n) is 3.46. The van der Waals surface area contributed by atoms with Gasteiger partial charge in [0.05, 0.1) is 5.69 Å². The van der Waals surface area contributed by atoms with Gasteiger partial charge in [0.15, 0.2) is 11.5 Å². The van der Waals surface area contributed by atoms with Crippen LogP contribution in [0.2, 0.25) is 5.02 Å². The molecule has 0 saturated heterocycles. The van der Waals surface area contributed by atoms with Crippen molar-refractivity contribution in [1.29, 1.82) is 0 Å². The van der Waals surface area contributed by atoms with Crippen LogP contribution in [0.5, 0.6) is 0 Å². The zero-order chi connectivity index (χ0) is 17.8. The molecule has 25 heavy (non-hydrogen) atoms. The van der Waals surface area contributed by atoms with Crippen molar-refractivity contribution in [1.82, 2.24) is 10.2 Å². The van der Waals surface area contributed by atoms with Gasteiger partial charge in [-0.05, 0) is 48.9 Å². The Labute approximate surface area is 148 Å². The van der Waals surface area contributed by atoms with E-state index in [0.29, 0.717) is 16.5 Å². The molecule has 0 saturated carbocycles. The zero-order valence-corrected chi connectivity index (χ0v) is 14.0. The predicted molar refractivity (Wildman–Crippen MR) is 95.9 cm³/mol. The molecule has 0 unspecified atom stereocenters. The molecule has 126 valence electrons. The lowest BCUT2D eigenvalue weighted by atomic mass is 10.2. The highest BCUT2D eigenvalue weighted by Gasteiger charge is 2.10. The van der Waals surface area contributed by atoms with Crippen LogP contribution in [0.4, 0.5) is 21.6 Å². The van der Waals surface area contributed by atoms with Gasteiger partial charge in [0.25, 0.3) is 5.91 Å². The first-order chi connectivity index (χ1) is 12.0. The highest BCUT2D eigenvalue weighted by Crippen LogP contribution is 2.21. The Kier molecular flexibility index (Phi) is 4.90. The Morgan fingerprint density at radius 1 is 1.08 bits per heavy atom. The number of para-hydroxylation sites is 1. The van der Waals surface area contributed by atoms with E-state index in [9.17, 15) is 9.18 Å². The molecule has 2 N–H and O–H groups in total. The third-order valence-corrected chi connectivity index (χ3v) is 3.87. The molecule has 0 aliphatic carbocycles. The average molecular weight is 357 g/mol. The van der Waals surface area contributed by atoms with E-state index in [2.05, 4.69) is 20.8 Å². The topological polar surface area (TPSA) is 66.9 Å². The van der Waals surface area contributed by atoms with Crippen molar-refractivity contribution in [2.45, 2.75) is 6.92 Å². The molecule has 5 nitrogen and oxygen atoms in total. The van der Waals surface area contributed by atoms with Gasteiger partial charge in [0.2, 0.25) is 0 Å². The molecule has 3 aromatic rings. The summed E-state index contributed by atoms with van der Waals surface area (Å²) in [5.41, 5.74) is 1.90. The number of amides is 1. The van der Waals surface area contributed by atoms with Gasteiger partial charge in [-0.25, -0.2) is 4.39 Å². The molecule has 0 spiro atoms. The van der Waals surface area contributed by atoms with Crippen LogP contribution in [0, 0.1) is 12.7 Å². The van der Waals surface area contributed by atoms with E-state index < -0.39 is 11.7 Å². The summed E-state index contributed by atoms with van der Waals surface area (Å²) in [6.45, 7) is 1.88. The van der Waals surface area contributed by atoms with Gasteiger partial charge in [-0.15, -0.1) is 10.2 Å². The molecule has 0 bridgehead atoms. The molecule has 3 rings (SSSR count). The Morgan fingerprint density at radius 2 is 1.88 bits per heavy atom. The van der Waals surface area contributed by atoms with Crippen LogP contribution < -0.4 is 10.6 Å². The predicted octanol–water partition coefficient (Wildman–Crippen LogP) is 4.57. The Hall–Kier alpha value is -2.99. The number of rotatable bonds is 4. The second-order valence-electron chi connectivity index (χ2n) is 5.33. The minimum absolute atomic E-state index is 0.135. The monoisotopic (exact) mass is 356 g/mol. The molecule has 2 aromatic carbocycles. The number of carbonyl (C=O) groups is 1. The van der Waals surface area contributed by atoms with E-state index in [1.165, 1.54) is 12.1 Å². The lowest BCUT2D eigenvalue weighted by molar-refractivity contribution is 0.102. The summed E-state index contributed by atoms with van der Waals surface area (Å²) in [6, 6.07) is 14.5. The molecule has 1 aromatic heterocycles. The maximum atomic E-state index is 13.6. The van der Waals surface area contributed by atoms with E-state index >= 15 is 0 Å². The van der Waals surface area contributed by atoms with Crippen LogP contribution in [0.15, 0.2) is 54.6 Å². The van der Waals surface area contributed by atoms with Gasteiger partial charge in [-0.2, -0.15) is 0 Å². The fraction of sp³-hybridized carbons (Fsp3) is 0.0556. The van der Waals surface area contributed by atoms with E-state index in [4.69, 9.17) is 11.6 Å². The van der Waals surface area contributed by atoms with Gasteiger partial charge in [0.1, 0.15) is 5.82 Å². The SMILES string of the molecule is Cc1ccc(NC(=O)c2ccc(Nc3ccccc3F)nn2)cc1Cl. The Bertz CT molecular complexity index is 915. The minimum Gasteiger partial charge on any atom is -0.336 e. The number of anilines is 3. The maximum absolute atomic E-state index is 13.6. The van der Waals surface area contributed by atoms with Crippen LogP contribution in [0.25, 0.3) is 0 Å². The molecule has 0 atom stereocenters. The molecule has 1 amide bonds. The molecule has 7 heteroatoms. The molecule has 0 aliphatic rings. The van der Waals surface area contributed by atoms with Crippen molar-refractivity contribution in [2.24, 2.45) is 0 Å². The summed E-state index contributed by atoms with van der Waals surface area (Å²) in [7, 11) is 0. The van der Waals surface area contributed by atoms with Crippen molar-refractivity contribution in [3.8, 4) is 0 Å². The van der Waals surface area contributed by atoms with Crippen molar-refractivity contribution < 1.29 is 9.18 Å². The summed E-state index contributed by atoms with van der Waals surface area (Å²) in [4.78, 5) is 12.2. The molecule has 0 radical (unpaired) electrons. The number of carbonyl (C=O) groups excluding carboxylic acids is 1. The second kappa shape index (κ2) is 7.27. The van der Waals surface area contributed by atoms with E-state index in [-0.39, 0.29) is 11.4 Å². The van der Waals surface area contributed by atoms with E-state index in [0.717, 1.165) is 5.56 Å². The van der Waals surface area contributed by atoms with Crippen LogP contribution in [-0.2, 0) is 0 Å². The quantitative estimate of drug-likeness (QED) is 0.718. The highest BCUT2D eigenvalue weighted by atomic mass is 35.5.